The lowest BCUT2D eigenvalue weighted by Crippen LogP contribution is -1.72. The fourth-order valence-electron chi connectivity index (χ4n) is 0.291. The fourth-order valence-corrected chi connectivity index (χ4v) is 0.763. The predicted molar refractivity (Wildman–Crippen MR) is 28.7 cm³/mol. The zero-order valence-electron chi connectivity index (χ0n) is 3.22. The molecule has 1 aromatic rings. The van der Waals surface area contributed by atoms with Gasteiger partial charge in [0, 0.05) is 0 Å². The van der Waals surface area contributed by atoms with E-state index in [-0.39, 0.29) is 0 Å². The maximum Gasteiger partial charge on any atom is 0.0856 e. The molecule has 0 aromatic carbocycles. The molecule has 0 spiro atoms. The fraction of sp³-hybridized carbons (Fsp3) is 0. The number of hydrogen-bond donors (Lipinski definition) is 1. The Morgan fingerprint density at radius 3 is 2.67 bits per heavy atom. The Labute approximate surface area is 40.4 Å². The van der Waals surface area contributed by atoms with Crippen LogP contribution in [0.1, 0.15) is 0 Å². The number of nitrogen functional groups attached to an aromatic ring is 1. The Morgan fingerprint density at radius 2 is 2.50 bits per heavy atom. The Hall–Kier alpha value is -0.500. The topological polar surface area (TPSA) is 26.0 Å². The first kappa shape index (κ1) is 3.68. The summed E-state index contributed by atoms with van der Waals surface area (Å²) in [6.07, 6.45) is 0. The van der Waals surface area contributed by atoms with Crippen LogP contribution in [0.5, 0.6) is 0 Å². The zero-order valence-corrected chi connectivity index (χ0v) is 4.03. The maximum absolute atomic E-state index is 5.30. The third kappa shape index (κ3) is 0.518. The molecule has 0 fully saturated rings. The molecule has 0 aliphatic rings. The van der Waals surface area contributed by atoms with Crippen LogP contribution in [-0.2, 0) is 0 Å². The van der Waals surface area contributed by atoms with E-state index in [2.05, 4.69) is 0 Å². The summed E-state index contributed by atoms with van der Waals surface area (Å²) < 4.78 is 0. The van der Waals surface area contributed by atoms with E-state index in [0.717, 1.165) is 5.00 Å². The van der Waals surface area contributed by atoms with E-state index in [4.69, 9.17) is 5.73 Å². The van der Waals surface area contributed by atoms with Crippen LogP contribution >= 0.6 is 11.3 Å². The van der Waals surface area contributed by atoms with E-state index in [1.807, 2.05) is 17.5 Å². The molecule has 32 valence electrons. The second-order valence-corrected chi connectivity index (χ2v) is 1.99. The highest BCUT2D eigenvalue weighted by Gasteiger charge is 1.75. The van der Waals surface area contributed by atoms with Crippen LogP contribution in [0, 0.1) is 0 Å². The Morgan fingerprint density at radius 1 is 1.67 bits per heavy atom. The summed E-state index contributed by atoms with van der Waals surface area (Å²) in [4.78, 5) is 0. The number of hydrogen-bond acceptors (Lipinski definition) is 2. The van der Waals surface area contributed by atoms with Crippen molar-refractivity contribution in [2.24, 2.45) is 0 Å². The van der Waals surface area contributed by atoms with Gasteiger partial charge in [-0.2, -0.15) is 0 Å². The van der Waals surface area contributed by atoms with Gasteiger partial charge >= 0.3 is 0 Å². The van der Waals surface area contributed by atoms with E-state index in [1.165, 1.54) is 0 Å². The van der Waals surface area contributed by atoms with Crippen molar-refractivity contribution in [2.75, 3.05) is 5.73 Å². The average Bonchev–Trinajstić information content (AvgIpc) is 1.86. The summed E-state index contributed by atoms with van der Waals surface area (Å²) in [6, 6.07) is 3.81. The van der Waals surface area contributed by atoms with Crippen molar-refractivity contribution in [1.82, 2.24) is 0 Å². The molecule has 1 rings (SSSR count). The van der Waals surface area contributed by atoms with E-state index in [1.54, 1.807) is 11.3 Å². The molecule has 6 heavy (non-hydrogen) atoms. The van der Waals surface area contributed by atoms with Crippen molar-refractivity contribution >= 4 is 16.3 Å². The van der Waals surface area contributed by atoms with Gasteiger partial charge in [-0.15, -0.1) is 11.3 Å². The summed E-state index contributed by atoms with van der Waals surface area (Å²) in [5.41, 5.74) is 5.30. The Balaban J connectivity index is 3.05. The molecule has 0 unspecified atom stereocenters. The molecule has 0 saturated heterocycles. The lowest BCUT2D eigenvalue weighted by molar-refractivity contribution is 1.94. The van der Waals surface area contributed by atoms with Gasteiger partial charge in [-0.25, -0.2) is 0 Å². The largest absolute Gasteiger partial charge is 0.391 e. The van der Waals surface area contributed by atoms with Crippen LogP contribution in [0.15, 0.2) is 17.5 Å². The molecule has 0 saturated carbocycles. The monoisotopic (exact) mass is 99.0 g/mol. The molecule has 0 bridgehead atoms. The molecule has 0 radical (unpaired) electrons. The zero-order chi connectivity index (χ0) is 4.41. The van der Waals surface area contributed by atoms with Crippen molar-refractivity contribution in [1.29, 1.82) is 0 Å². The van der Waals surface area contributed by atoms with E-state index in [9.17, 15) is 0 Å². The molecule has 0 aliphatic carbocycles. The van der Waals surface area contributed by atoms with Crippen molar-refractivity contribution < 1.29 is 0 Å². The van der Waals surface area contributed by atoms with Crippen LogP contribution in [-0.4, -0.2) is 0 Å². The third-order valence-corrected chi connectivity index (χ3v) is 1.24. The minimum Gasteiger partial charge on any atom is -0.391 e. The maximum atomic E-state index is 5.30. The first-order chi connectivity index (χ1) is 2.89. The minimum atomic E-state index is 0.884. The van der Waals surface area contributed by atoms with Gasteiger partial charge in [0.1, 0.15) is 0 Å². The molecular weight excluding hydrogens is 94.1 g/mol. The summed E-state index contributed by atoms with van der Waals surface area (Å²) in [6.45, 7) is 0. The van der Waals surface area contributed by atoms with Crippen molar-refractivity contribution in [3.05, 3.63) is 17.5 Å². The van der Waals surface area contributed by atoms with Crippen molar-refractivity contribution in [3.8, 4) is 0 Å². The smallest absolute Gasteiger partial charge is 0.0856 e. The Bertz CT molecular complexity index is 111. The summed E-state index contributed by atoms with van der Waals surface area (Å²) in [7, 11) is 0. The second-order valence-electron chi connectivity index (χ2n) is 1.02. The number of thiophene rings is 1. The lowest BCUT2D eigenvalue weighted by atomic mass is 10.6. The second kappa shape index (κ2) is 1.30. The van der Waals surface area contributed by atoms with Gasteiger partial charge in [-0.1, -0.05) is 0 Å². The number of anilines is 1. The highest BCUT2D eigenvalue weighted by molar-refractivity contribution is 7.13. The van der Waals surface area contributed by atoms with Crippen LogP contribution in [0.3, 0.4) is 0 Å². The van der Waals surface area contributed by atoms with E-state index >= 15 is 0 Å². The van der Waals surface area contributed by atoms with Gasteiger partial charge < -0.3 is 5.73 Å². The third-order valence-electron chi connectivity index (χ3n) is 0.543. The summed E-state index contributed by atoms with van der Waals surface area (Å²) in [5.74, 6) is 0. The molecule has 1 aromatic heterocycles. The molecule has 1 heterocycles. The Kier molecular flexibility index (Phi) is 0.801. The minimum absolute atomic E-state index is 0.884. The highest BCUT2D eigenvalue weighted by atomic mass is 32.1. The van der Waals surface area contributed by atoms with E-state index in [0.29, 0.717) is 0 Å². The van der Waals surface area contributed by atoms with Crippen LogP contribution in [0.4, 0.5) is 5.00 Å². The molecule has 0 atom stereocenters. The summed E-state index contributed by atoms with van der Waals surface area (Å²) in [5, 5.41) is 2.84. The first-order valence-corrected chi connectivity index (χ1v) is 2.56. The van der Waals surface area contributed by atoms with Gasteiger partial charge in [0.2, 0.25) is 0 Å². The molecule has 1 nitrogen and oxygen atoms in total. The lowest BCUT2D eigenvalue weighted by Gasteiger charge is -1.68. The molecule has 0 amide bonds. The predicted octanol–water partition coefficient (Wildman–Crippen LogP) is 1.33. The van der Waals surface area contributed by atoms with Gasteiger partial charge in [0.25, 0.3) is 0 Å². The highest BCUT2D eigenvalue weighted by Crippen LogP contribution is 2.07. The standard InChI is InChI=1S/C4H5NS/c5-4-2-1-3-6-4/h1-3H,5H2. The first-order valence-electron chi connectivity index (χ1n) is 1.68. The van der Waals surface area contributed by atoms with Crippen LogP contribution < -0.4 is 5.73 Å². The normalized spacial score (nSPS) is 8.67. The SMILES string of the molecule is Nc1cccs1. The van der Waals surface area contributed by atoms with Gasteiger partial charge in [0.05, 0.1) is 5.00 Å². The molecule has 2 N–H and O–H groups in total. The molecule has 0 aliphatic heterocycles. The van der Waals surface area contributed by atoms with Crippen molar-refractivity contribution in [3.63, 3.8) is 0 Å². The number of rotatable bonds is 0. The van der Waals surface area contributed by atoms with E-state index < -0.39 is 0 Å². The van der Waals surface area contributed by atoms with Crippen LogP contribution in [0.25, 0.3) is 0 Å². The summed E-state index contributed by atoms with van der Waals surface area (Å²) >= 11 is 1.56. The van der Waals surface area contributed by atoms with Crippen molar-refractivity contribution in [2.45, 2.75) is 0 Å². The van der Waals surface area contributed by atoms with Gasteiger partial charge in [0.15, 0.2) is 0 Å². The van der Waals surface area contributed by atoms with Gasteiger partial charge in [-0.3, -0.25) is 0 Å². The average molecular weight is 99.2 g/mol. The quantitative estimate of drug-likeness (QED) is 0.521. The molecular formula is C4H5NS. The van der Waals surface area contributed by atoms with Gasteiger partial charge in [-0.05, 0) is 17.5 Å². The number of nitrogens with two attached hydrogens (primary N) is 1. The molecule has 2 heteroatoms. The van der Waals surface area contributed by atoms with Crippen LogP contribution in [0.2, 0.25) is 0 Å².